The Morgan fingerprint density at radius 2 is 1.72 bits per heavy atom. The molecule has 0 aliphatic heterocycles. The summed E-state index contributed by atoms with van der Waals surface area (Å²) in [6, 6.07) is 11.2. The van der Waals surface area contributed by atoms with Crippen LogP contribution in [0.25, 0.3) is 0 Å². The van der Waals surface area contributed by atoms with Crippen molar-refractivity contribution in [2.24, 2.45) is 5.73 Å². The average Bonchev–Trinajstić information content (AvgIpc) is 2.34. The number of hydrogen-bond acceptors (Lipinski definition) is 2. The molecule has 0 saturated heterocycles. The Morgan fingerprint density at radius 3 is 2.39 bits per heavy atom. The molecule has 0 bridgehead atoms. The summed E-state index contributed by atoms with van der Waals surface area (Å²) in [6.07, 6.45) is 0. The van der Waals surface area contributed by atoms with E-state index in [0.717, 1.165) is 15.4 Å². The van der Waals surface area contributed by atoms with Crippen molar-refractivity contribution >= 4 is 46.6 Å². The molecule has 0 aromatic heterocycles. The lowest BCUT2D eigenvalue weighted by atomic mass is 10.2. The van der Waals surface area contributed by atoms with E-state index >= 15 is 0 Å². The highest BCUT2D eigenvalue weighted by atomic mass is 35.5. The van der Waals surface area contributed by atoms with E-state index < -0.39 is 0 Å². The molecule has 0 amide bonds. The number of hydrogen-bond donors (Lipinski definition) is 1. The van der Waals surface area contributed by atoms with Crippen molar-refractivity contribution in [1.29, 1.82) is 0 Å². The molecule has 1 nitrogen and oxygen atoms in total. The number of benzene rings is 2. The third-order valence-corrected chi connectivity index (χ3v) is 4.58. The molecule has 0 heterocycles. The van der Waals surface area contributed by atoms with E-state index in [0.29, 0.717) is 21.6 Å². The number of halogens is 3. The van der Waals surface area contributed by atoms with Crippen molar-refractivity contribution in [3.8, 4) is 0 Å². The summed E-state index contributed by atoms with van der Waals surface area (Å²) >= 11 is 19.6. The highest BCUT2D eigenvalue weighted by molar-refractivity contribution is 7.99. The number of rotatable bonds is 3. The second-order valence-corrected chi connectivity index (χ2v) is 5.94. The van der Waals surface area contributed by atoms with E-state index in [1.807, 2.05) is 30.3 Å². The lowest BCUT2D eigenvalue weighted by molar-refractivity contribution is 1.03. The van der Waals surface area contributed by atoms with Crippen LogP contribution in [-0.4, -0.2) is 0 Å². The Morgan fingerprint density at radius 1 is 0.944 bits per heavy atom. The molecule has 2 rings (SSSR count). The van der Waals surface area contributed by atoms with E-state index in [2.05, 4.69) is 0 Å². The van der Waals surface area contributed by atoms with Crippen LogP contribution in [0.1, 0.15) is 5.56 Å². The fourth-order valence-electron chi connectivity index (χ4n) is 1.50. The zero-order chi connectivity index (χ0) is 13.1. The first-order valence-electron chi connectivity index (χ1n) is 5.22. The molecule has 0 spiro atoms. The van der Waals surface area contributed by atoms with Crippen LogP contribution in [0.2, 0.25) is 15.1 Å². The minimum Gasteiger partial charge on any atom is -0.326 e. The Balaban J connectivity index is 2.34. The predicted molar refractivity (Wildman–Crippen MR) is 79.9 cm³/mol. The van der Waals surface area contributed by atoms with Gasteiger partial charge in [-0.05, 0) is 35.9 Å². The van der Waals surface area contributed by atoms with Crippen LogP contribution in [0.5, 0.6) is 0 Å². The quantitative estimate of drug-likeness (QED) is 0.835. The summed E-state index contributed by atoms with van der Waals surface area (Å²) in [5.74, 6) is 0. The molecule has 18 heavy (non-hydrogen) atoms. The first-order valence-corrected chi connectivity index (χ1v) is 7.17. The van der Waals surface area contributed by atoms with Crippen LogP contribution in [-0.2, 0) is 6.54 Å². The average molecular weight is 319 g/mol. The Hall–Kier alpha value is -0.380. The smallest absolute Gasteiger partial charge is 0.0603 e. The molecule has 2 aromatic carbocycles. The molecule has 0 atom stereocenters. The van der Waals surface area contributed by atoms with E-state index in [4.69, 9.17) is 40.5 Å². The summed E-state index contributed by atoms with van der Waals surface area (Å²) in [7, 11) is 0. The zero-order valence-corrected chi connectivity index (χ0v) is 12.4. The van der Waals surface area contributed by atoms with E-state index in [-0.39, 0.29) is 0 Å². The van der Waals surface area contributed by atoms with Crippen molar-refractivity contribution in [3.63, 3.8) is 0 Å². The van der Waals surface area contributed by atoms with Crippen molar-refractivity contribution in [2.75, 3.05) is 0 Å². The molecule has 94 valence electrons. The molecule has 0 radical (unpaired) electrons. The van der Waals surface area contributed by atoms with Crippen molar-refractivity contribution in [3.05, 3.63) is 57.0 Å². The largest absolute Gasteiger partial charge is 0.326 e. The molecular formula is C13H10Cl3NS. The second-order valence-electron chi connectivity index (χ2n) is 3.60. The summed E-state index contributed by atoms with van der Waals surface area (Å²) in [5, 5.41) is 1.77. The first kappa shape index (κ1) is 14.0. The fraction of sp³-hybridized carbons (Fsp3) is 0.0769. The van der Waals surface area contributed by atoms with Gasteiger partial charge in [0.1, 0.15) is 0 Å². The van der Waals surface area contributed by atoms with Crippen molar-refractivity contribution < 1.29 is 0 Å². The zero-order valence-electron chi connectivity index (χ0n) is 9.29. The predicted octanol–water partition coefficient (Wildman–Crippen LogP) is 5.26. The van der Waals surface area contributed by atoms with Gasteiger partial charge in [0.15, 0.2) is 0 Å². The molecule has 5 heteroatoms. The van der Waals surface area contributed by atoms with Crippen LogP contribution >= 0.6 is 46.6 Å². The maximum atomic E-state index is 6.11. The van der Waals surface area contributed by atoms with Gasteiger partial charge >= 0.3 is 0 Å². The van der Waals surface area contributed by atoms with E-state index in [1.165, 1.54) is 0 Å². The SMILES string of the molecule is NCc1c(Cl)cccc1Sc1ccc(Cl)c(Cl)c1. The van der Waals surface area contributed by atoms with Gasteiger partial charge in [0.2, 0.25) is 0 Å². The van der Waals surface area contributed by atoms with Crippen molar-refractivity contribution in [2.45, 2.75) is 16.3 Å². The van der Waals surface area contributed by atoms with Gasteiger partial charge in [-0.2, -0.15) is 0 Å². The molecule has 2 N–H and O–H groups in total. The number of nitrogens with two attached hydrogens (primary N) is 1. The summed E-state index contributed by atoms with van der Waals surface area (Å²) < 4.78 is 0. The molecular weight excluding hydrogens is 309 g/mol. The normalized spacial score (nSPS) is 10.7. The third kappa shape index (κ3) is 3.14. The summed E-state index contributed by atoms with van der Waals surface area (Å²) in [4.78, 5) is 2.03. The van der Waals surface area contributed by atoms with Crippen LogP contribution in [0.4, 0.5) is 0 Å². The highest BCUT2D eigenvalue weighted by Gasteiger charge is 2.08. The maximum absolute atomic E-state index is 6.11. The molecule has 0 aliphatic rings. The van der Waals surface area contributed by atoms with Gasteiger partial charge in [-0.15, -0.1) is 0 Å². The molecule has 2 aromatic rings. The van der Waals surface area contributed by atoms with Crippen LogP contribution in [0.15, 0.2) is 46.2 Å². The molecule has 0 saturated carbocycles. The Bertz CT molecular complexity index is 572. The lowest BCUT2D eigenvalue weighted by Crippen LogP contribution is -1.99. The van der Waals surface area contributed by atoms with Gasteiger partial charge in [-0.1, -0.05) is 52.6 Å². The lowest BCUT2D eigenvalue weighted by Gasteiger charge is -2.09. The van der Waals surface area contributed by atoms with Crippen molar-refractivity contribution in [1.82, 2.24) is 0 Å². The molecule has 0 fully saturated rings. The van der Waals surface area contributed by atoms with Crippen LogP contribution in [0.3, 0.4) is 0 Å². The molecule has 0 aliphatic carbocycles. The first-order chi connectivity index (χ1) is 8.61. The van der Waals surface area contributed by atoms with Gasteiger partial charge in [0.25, 0.3) is 0 Å². The minimum absolute atomic E-state index is 0.406. The van der Waals surface area contributed by atoms with Crippen LogP contribution in [0, 0.1) is 0 Å². The summed E-state index contributed by atoms with van der Waals surface area (Å²) in [5.41, 5.74) is 6.65. The third-order valence-electron chi connectivity index (χ3n) is 2.40. The standard InChI is InChI=1S/C13H10Cl3NS/c14-10-2-1-3-13(9(10)7-17)18-8-4-5-11(15)12(16)6-8/h1-6H,7,17H2. The van der Waals surface area contributed by atoms with Gasteiger partial charge < -0.3 is 5.73 Å². The summed E-state index contributed by atoms with van der Waals surface area (Å²) in [6.45, 7) is 0.406. The minimum atomic E-state index is 0.406. The van der Waals surface area contributed by atoms with Gasteiger partial charge in [0.05, 0.1) is 10.0 Å². The van der Waals surface area contributed by atoms with Crippen LogP contribution < -0.4 is 5.73 Å². The highest BCUT2D eigenvalue weighted by Crippen LogP contribution is 2.36. The molecule has 0 unspecified atom stereocenters. The van der Waals surface area contributed by atoms with Gasteiger partial charge in [-0.25, -0.2) is 0 Å². The van der Waals surface area contributed by atoms with E-state index in [1.54, 1.807) is 17.8 Å². The maximum Gasteiger partial charge on any atom is 0.0603 e. The second kappa shape index (κ2) is 6.18. The topological polar surface area (TPSA) is 26.0 Å². The van der Waals surface area contributed by atoms with Gasteiger partial charge in [-0.3, -0.25) is 0 Å². The van der Waals surface area contributed by atoms with E-state index in [9.17, 15) is 0 Å². The monoisotopic (exact) mass is 317 g/mol. The fourth-order valence-corrected chi connectivity index (χ4v) is 3.20. The Labute approximate surface area is 125 Å². The Kier molecular flexibility index (Phi) is 4.82. The van der Waals surface area contributed by atoms with Gasteiger partial charge in [0, 0.05) is 21.4 Å².